The van der Waals surface area contributed by atoms with Crippen molar-refractivity contribution in [3.63, 3.8) is 0 Å². The number of aryl methyl sites for hydroxylation is 1. The molecule has 0 unspecified atom stereocenters. The maximum Gasteiger partial charge on any atom is 0.251 e. The molecule has 0 fully saturated rings. The Balaban J connectivity index is 1.71. The van der Waals surface area contributed by atoms with Crippen molar-refractivity contribution in [1.82, 2.24) is 14.9 Å². The summed E-state index contributed by atoms with van der Waals surface area (Å²) >= 11 is 0. The van der Waals surface area contributed by atoms with Gasteiger partial charge in [0.25, 0.3) is 5.91 Å². The van der Waals surface area contributed by atoms with Crippen molar-refractivity contribution in [2.75, 3.05) is 19.0 Å². The first-order chi connectivity index (χ1) is 16.4. The highest BCUT2D eigenvalue weighted by Gasteiger charge is 2.20. The zero-order valence-corrected chi connectivity index (χ0v) is 19.8. The Morgan fingerprint density at radius 2 is 1.76 bits per heavy atom. The molecule has 0 aliphatic heterocycles. The second kappa shape index (κ2) is 9.79. The van der Waals surface area contributed by atoms with Crippen LogP contribution in [0.25, 0.3) is 22.4 Å². The second-order valence-corrected chi connectivity index (χ2v) is 8.29. The molecule has 34 heavy (non-hydrogen) atoms. The highest BCUT2D eigenvalue weighted by Crippen LogP contribution is 2.34. The summed E-state index contributed by atoms with van der Waals surface area (Å²) in [4.78, 5) is 29.8. The molecule has 0 aliphatic carbocycles. The van der Waals surface area contributed by atoms with E-state index < -0.39 is 0 Å². The monoisotopic (exact) mass is 456 g/mol. The largest absolute Gasteiger partial charge is 0.496 e. The fourth-order valence-corrected chi connectivity index (χ4v) is 4.09. The quantitative estimate of drug-likeness (QED) is 0.421. The smallest absolute Gasteiger partial charge is 0.251 e. The van der Waals surface area contributed by atoms with Gasteiger partial charge in [0.2, 0.25) is 5.91 Å². The van der Waals surface area contributed by atoms with E-state index in [0.29, 0.717) is 34.9 Å². The van der Waals surface area contributed by atoms with Gasteiger partial charge < -0.3 is 19.9 Å². The van der Waals surface area contributed by atoms with E-state index in [0.717, 1.165) is 16.6 Å². The molecule has 0 radical (unpaired) electrons. The zero-order chi connectivity index (χ0) is 24.2. The fourth-order valence-electron chi connectivity index (χ4n) is 4.09. The number of hydrogen-bond donors (Lipinski definition) is 2. The van der Waals surface area contributed by atoms with Crippen molar-refractivity contribution in [1.29, 1.82) is 0 Å². The van der Waals surface area contributed by atoms with E-state index in [9.17, 15) is 9.59 Å². The molecule has 1 aromatic heterocycles. The molecule has 0 bridgehead atoms. The number of methoxy groups -OCH3 is 1. The Labute approximate surface area is 198 Å². The van der Waals surface area contributed by atoms with Gasteiger partial charge in [0.1, 0.15) is 11.6 Å². The maximum absolute atomic E-state index is 13.0. The first-order valence-electron chi connectivity index (χ1n) is 11.1. The molecule has 4 aromatic rings. The average Bonchev–Trinajstić information content (AvgIpc) is 3.18. The fraction of sp³-hybridized carbons (Fsp3) is 0.222. The number of nitrogens with one attached hydrogen (secondary N) is 2. The minimum Gasteiger partial charge on any atom is -0.496 e. The number of rotatable bonds is 7. The molecular formula is C27H28N4O3. The van der Waals surface area contributed by atoms with Gasteiger partial charge in [-0.3, -0.25) is 9.59 Å². The van der Waals surface area contributed by atoms with E-state index >= 15 is 0 Å². The van der Waals surface area contributed by atoms with Gasteiger partial charge >= 0.3 is 0 Å². The topological polar surface area (TPSA) is 85.2 Å². The Bertz CT molecular complexity index is 1350. The first-order valence-corrected chi connectivity index (χ1v) is 11.1. The SMILES string of the molecule is COc1ccccc1-c1nc2cc(C(=O)NC[C@H](C)c3ccccc3)cc(NC(C)=O)c2n1C. The Hall–Kier alpha value is -4.13. The first kappa shape index (κ1) is 23.0. The summed E-state index contributed by atoms with van der Waals surface area (Å²) in [6, 6.07) is 21.1. The van der Waals surface area contributed by atoms with Gasteiger partial charge in [0, 0.05) is 26.1 Å². The predicted octanol–water partition coefficient (Wildman–Crippen LogP) is 4.74. The lowest BCUT2D eigenvalue weighted by Crippen LogP contribution is -2.27. The average molecular weight is 457 g/mol. The molecule has 2 amide bonds. The molecule has 1 atom stereocenters. The lowest BCUT2D eigenvalue weighted by Gasteiger charge is -2.14. The number of ether oxygens (including phenoxy) is 1. The standard InChI is InChI=1S/C27H28N4O3/c1-17(19-10-6-5-7-11-19)16-28-27(33)20-14-22(29-18(2)32)25-23(15-20)30-26(31(25)3)21-12-8-9-13-24(21)34-4/h5-15,17H,16H2,1-4H3,(H,28,33)(H,29,32)/t17-/m0/s1. The van der Waals surface area contributed by atoms with Crippen molar-refractivity contribution in [3.8, 4) is 17.1 Å². The number of fused-ring (bicyclic) bond motifs is 1. The number of nitrogens with zero attached hydrogens (tertiary/aromatic N) is 2. The normalized spacial score (nSPS) is 11.8. The van der Waals surface area contributed by atoms with E-state index in [1.54, 1.807) is 19.2 Å². The van der Waals surface area contributed by atoms with Crippen LogP contribution in [-0.4, -0.2) is 35.0 Å². The molecule has 7 nitrogen and oxygen atoms in total. The van der Waals surface area contributed by atoms with Gasteiger partial charge in [-0.2, -0.15) is 0 Å². The molecule has 0 aliphatic rings. The molecular weight excluding hydrogens is 428 g/mol. The van der Waals surface area contributed by atoms with Gasteiger partial charge in [0.15, 0.2) is 0 Å². The van der Waals surface area contributed by atoms with E-state index in [4.69, 9.17) is 9.72 Å². The molecule has 4 rings (SSSR count). The lowest BCUT2D eigenvalue weighted by molar-refractivity contribution is -0.114. The summed E-state index contributed by atoms with van der Waals surface area (Å²) in [5.74, 6) is 1.08. The highest BCUT2D eigenvalue weighted by atomic mass is 16.5. The minimum absolute atomic E-state index is 0.163. The molecule has 0 saturated carbocycles. The Morgan fingerprint density at radius 3 is 2.47 bits per heavy atom. The van der Waals surface area contributed by atoms with Gasteiger partial charge in [-0.15, -0.1) is 0 Å². The summed E-state index contributed by atoms with van der Waals surface area (Å²) in [7, 11) is 3.49. The third-order valence-corrected chi connectivity index (χ3v) is 5.83. The molecule has 1 heterocycles. The molecule has 0 spiro atoms. The third-order valence-electron chi connectivity index (χ3n) is 5.83. The molecule has 174 valence electrons. The Kier molecular flexibility index (Phi) is 6.63. The number of imidazole rings is 1. The summed E-state index contributed by atoms with van der Waals surface area (Å²) in [6.45, 7) is 4.00. The van der Waals surface area contributed by atoms with Gasteiger partial charge in [0.05, 0.1) is 29.4 Å². The van der Waals surface area contributed by atoms with Crippen LogP contribution in [0.5, 0.6) is 5.75 Å². The summed E-state index contributed by atoms with van der Waals surface area (Å²) in [5, 5.41) is 5.86. The van der Waals surface area contributed by atoms with Crippen LogP contribution in [0, 0.1) is 0 Å². The number of anilines is 1. The van der Waals surface area contributed by atoms with E-state index in [2.05, 4.69) is 17.6 Å². The Morgan fingerprint density at radius 1 is 1.06 bits per heavy atom. The molecule has 3 aromatic carbocycles. The van der Waals surface area contributed by atoms with Crippen LogP contribution in [0.4, 0.5) is 5.69 Å². The number of benzene rings is 3. The van der Waals surface area contributed by atoms with Crippen LogP contribution in [0.3, 0.4) is 0 Å². The van der Waals surface area contributed by atoms with Gasteiger partial charge in [-0.05, 0) is 35.7 Å². The van der Waals surface area contributed by atoms with Crippen molar-refractivity contribution >= 4 is 28.5 Å². The summed E-state index contributed by atoms with van der Waals surface area (Å²) in [6.07, 6.45) is 0. The molecule has 0 saturated heterocycles. The van der Waals surface area contributed by atoms with Crippen molar-refractivity contribution in [2.45, 2.75) is 19.8 Å². The van der Waals surface area contributed by atoms with Crippen molar-refractivity contribution < 1.29 is 14.3 Å². The second-order valence-electron chi connectivity index (χ2n) is 8.29. The highest BCUT2D eigenvalue weighted by molar-refractivity contribution is 6.05. The minimum atomic E-state index is -0.225. The summed E-state index contributed by atoms with van der Waals surface area (Å²) in [5.41, 5.74) is 4.27. The zero-order valence-electron chi connectivity index (χ0n) is 19.8. The van der Waals surface area contributed by atoms with Crippen LogP contribution in [0.1, 0.15) is 35.7 Å². The van der Waals surface area contributed by atoms with Gasteiger partial charge in [-0.25, -0.2) is 4.98 Å². The van der Waals surface area contributed by atoms with Crippen LogP contribution in [-0.2, 0) is 11.8 Å². The van der Waals surface area contributed by atoms with E-state index in [1.807, 2.05) is 66.2 Å². The van der Waals surface area contributed by atoms with Crippen molar-refractivity contribution in [2.24, 2.45) is 7.05 Å². The maximum atomic E-state index is 13.0. The van der Waals surface area contributed by atoms with Crippen molar-refractivity contribution in [3.05, 3.63) is 77.9 Å². The lowest BCUT2D eigenvalue weighted by atomic mass is 10.0. The van der Waals surface area contributed by atoms with Crippen LogP contribution in [0.2, 0.25) is 0 Å². The van der Waals surface area contributed by atoms with Crippen LogP contribution < -0.4 is 15.4 Å². The van der Waals surface area contributed by atoms with E-state index in [-0.39, 0.29) is 17.7 Å². The number of hydrogen-bond acceptors (Lipinski definition) is 4. The van der Waals surface area contributed by atoms with Crippen LogP contribution >= 0.6 is 0 Å². The number of carbonyl (C=O) groups excluding carboxylic acids is 2. The third kappa shape index (κ3) is 4.64. The number of aromatic nitrogens is 2. The number of para-hydroxylation sites is 1. The van der Waals surface area contributed by atoms with Crippen LogP contribution in [0.15, 0.2) is 66.7 Å². The number of amides is 2. The van der Waals surface area contributed by atoms with E-state index in [1.165, 1.54) is 6.92 Å². The molecule has 2 N–H and O–H groups in total. The number of carbonyl (C=O) groups is 2. The predicted molar refractivity (Wildman–Crippen MR) is 134 cm³/mol. The van der Waals surface area contributed by atoms with Gasteiger partial charge in [-0.1, -0.05) is 49.4 Å². The summed E-state index contributed by atoms with van der Waals surface area (Å²) < 4.78 is 7.41. The molecule has 7 heteroatoms.